The number of esters is 1. The van der Waals surface area contributed by atoms with Crippen LogP contribution in [0.25, 0.3) is 0 Å². The molecular weight excluding hydrogens is 412 g/mol. The van der Waals surface area contributed by atoms with Crippen molar-refractivity contribution < 1.29 is 29.0 Å². The molecule has 8 nitrogen and oxygen atoms in total. The third kappa shape index (κ3) is 3.06. The largest absolute Gasteiger partial charge is 0.465 e. The van der Waals surface area contributed by atoms with Crippen molar-refractivity contribution in [2.75, 3.05) is 19.8 Å². The second-order valence-electron chi connectivity index (χ2n) is 9.46. The Hall–Kier alpha value is -2.19. The van der Waals surface area contributed by atoms with Crippen molar-refractivity contribution in [3.05, 3.63) is 24.3 Å². The highest BCUT2D eigenvalue weighted by Crippen LogP contribution is 2.58. The van der Waals surface area contributed by atoms with Gasteiger partial charge in [-0.3, -0.25) is 14.4 Å². The van der Waals surface area contributed by atoms with E-state index in [1.165, 1.54) is 4.90 Å². The summed E-state index contributed by atoms with van der Waals surface area (Å²) in [5.74, 6) is -2.76. The standard InChI is InChI=1S/C24H34N2O6/c1-5-16(14-27)26-19-21(29)25(15(3)4)12-9-11-24(19)17(20(26)28)18-22(30)31-13-8-7-10-23(18,6-2)32-24/h7,9-11,15-19,27H,5-6,8,12-14H2,1-4H3/t16-,17-,18-,19?,23+,24-/m0/s1. The number of aliphatic hydroxyl groups is 1. The quantitative estimate of drug-likeness (QED) is 0.507. The topological polar surface area (TPSA) is 96.4 Å². The average Bonchev–Trinajstić information content (AvgIpc) is 3.10. The molecule has 2 amide bonds. The van der Waals surface area contributed by atoms with Crippen LogP contribution in [0.15, 0.2) is 24.3 Å². The van der Waals surface area contributed by atoms with Crippen LogP contribution < -0.4 is 0 Å². The molecule has 6 atom stereocenters. The molecule has 1 spiro atoms. The van der Waals surface area contributed by atoms with E-state index in [1.807, 2.05) is 52.0 Å². The predicted octanol–water partition coefficient (Wildman–Crippen LogP) is 1.43. The number of likely N-dealkylation sites (tertiary alicyclic amines) is 1. The minimum Gasteiger partial charge on any atom is -0.465 e. The molecule has 4 heterocycles. The number of amides is 2. The van der Waals surface area contributed by atoms with Gasteiger partial charge in [0, 0.05) is 12.6 Å². The summed E-state index contributed by atoms with van der Waals surface area (Å²) in [5.41, 5.74) is -2.32. The van der Waals surface area contributed by atoms with Crippen LogP contribution in [0.5, 0.6) is 0 Å². The fourth-order valence-corrected chi connectivity index (χ4v) is 5.96. The fraction of sp³-hybridized carbons (Fsp3) is 0.708. The molecule has 2 fully saturated rings. The summed E-state index contributed by atoms with van der Waals surface area (Å²) < 4.78 is 12.3. The second kappa shape index (κ2) is 8.30. The smallest absolute Gasteiger partial charge is 0.313 e. The molecule has 0 aliphatic carbocycles. The zero-order valence-corrected chi connectivity index (χ0v) is 19.3. The first kappa shape index (κ1) is 23.0. The van der Waals surface area contributed by atoms with E-state index in [0.717, 1.165) is 0 Å². The number of fused-ring (bicyclic) bond motifs is 2. The van der Waals surface area contributed by atoms with Gasteiger partial charge in [0.2, 0.25) is 11.8 Å². The highest BCUT2D eigenvalue weighted by atomic mass is 16.6. The van der Waals surface area contributed by atoms with Gasteiger partial charge >= 0.3 is 5.97 Å². The lowest BCUT2D eigenvalue weighted by molar-refractivity contribution is -0.164. The summed E-state index contributed by atoms with van der Waals surface area (Å²) >= 11 is 0. The van der Waals surface area contributed by atoms with Gasteiger partial charge in [-0.05, 0) is 33.1 Å². The first-order valence-corrected chi connectivity index (χ1v) is 11.7. The number of carbonyl (C=O) groups is 3. The van der Waals surface area contributed by atoms with Gasteiger partial charge in [0.15, 0.2) is 0 Å². The number of aliphatic hydroxyl groups excluding tert-OH is 1. The van der Waals surface area contributed by atoms with Gasteiger partial charge in [0.25, 0.3) is 0 Å². The normalized spacial score (nSPS) is 37.6. The van der Waals surface area contributed by atoms with Crippen LogP contribution in [0.3, 0.4) is 0 Å². The summed E-state index contributed by atoms with van der Waals surface area (Å²) in [5, 5.41) is 10.1. The number of rotatable bonds is 5. The summed E-state index contributed by atoms with van der Waals surface area (Å²) in [6.45, 7) is 8.03. The molecule has 2 saturated heterocycles. The molecule has 1 unspecified atom stereocenters. The highest BCUT2D eigenvalue weighted by molar-refractivity contribution is 5.99. The van der Waals surface area contributed by atoms with Gasteiger partial charge in [-0.2, -0.15) is 0 Å². The van der Waals surface area contributed by atoms with Crippen molar-refractivity contribution in [1.29, 1.82) is 0 Å². The molecule has 1 N–H and O–H groups in total. The van der Waals surface area contributed by atoms with Crippen LogP contribution in [0.4, 0.5) is 0 Å². The monoisotopic (exact) mass is 446 g/mol. The Morgan fingerprint density at radius 3 is 2.50 bits per heavy atom. The Kier molecular flexibility index (Phi) is 5.96. The second-order valence-corrected chi connectivity index (χ2v) is 9.46. The molecule has 32 heavy (non-hydrogen) atoms. The molecule has 0 bridgehead atoms. The summed E-state index contributed by atoms with van der Waals surface area (Å²) in [6, 6.07) is -1.57. The molecule has 4 rings (SSSR count). The Bertz CT molecular complexity index is 849. The lowest BCUT2D eigenvalue weighted by Crippen LogP contribution is -2.59. The summed E-state index contributed by atoms with van der Waals surface area (Å²) in [4.78, 5) is 44.4. The minimum atomic E-state index is -1.30. The van der Waals surface area contributed by atoms with Gasteiger partial charge in [-0.15, -0.1) is 0 Å². The number of carbonyl (C=O) groups excluding carboxylic acids is 3. The molecule has 176 valence electrons. The van der Waals surface area contributed by atoms with E-state index in [9.17, 15) is 19.5 Å². The molecule has 4 aliphatic heterocycles. The van der Waals surface area contributed by atoms with Gasteiger partial charge < -0.3 is 24.4 Å². The van der Waals surface area contributed by atoms with Crippen LogP contribution in [0, 0.1) is 11.8 Å². The summed E-state index contributed by atoms with van der Waals surface area (Å²) in [6.07, 6.45) is 9.05. The molecule has 0 aromatic heterocycles. The molecule has 8 heteroatoms. The van der Waals surface area contributed by atoms with Gasteiger partial charge in [0.05, 0.1) is 25.2 Å². The zero-order chi connectivity index (χ0) is 23.3. The third-order valence-electron chi connectivity index (χ3n) is 7.57. The average molecular weight is 447 g/mol. The van der Waals surface area contributed by atoms with Crippen molar-refractivity contribution in [2.45, 2.75) is 76.3 Å². The predicted molar refractivity (Wildman–Crippen MR) is 116 cm³/mol. The van der Waals surface area contributed by atoms with Crippen molar-refractivity contribution in [1.82, 2.24) is 9.80 Å². The minimum absolute atomic E-state index is 0.0763. The SMILES string of the molecule is CC[C@@H](CO)N1C(=O)[C@@H]2[C@H]3C(=O)OCCC=C[C@@]3(CC)O[C@@]23C=CCN(C(C)C)C(=O)C13. The van der Waals surface area contributed by atoms with E-state index < -0.39 is 41.1 Å². The van der Waals surface area contributed by atoms with E-state index in [4.69, 9.17) is 9.47 Å². The first-order chi connectivity index (χ1) is 15.3. The van der Waals surface area contributed by atoms with Crippen LogP contribution in [0.1, 0.15) is 47.0 Å². The van der Waals surface area contributed by atoms with Crippen LogP contribution in [0.2, 0.25) is 0 Å². The molecule has 4 aliphatic rings. The van der Waals surface area contributed by atoms with Crippen LogP contribution in [-0.2, 0) is 23.9 Å². The zero-order valence-electron chi connectivity index (χ0n) is 19.3. The van der Waals surface area contributed by atoms with E-state index in [2.05, 4.69) is 0 Å². The Balaban J connectivity index is 1.94. The fourth-order valence-electron chi connectivity index (χ4n) is 5.96. The molecule has 0 aromatic carbocycles. The molecular formula is C24H34N2O6. The van der Waals surface area contributed by atoms with Crippen molar-refractivity contribution >= 4 is 17.8 Å². The van der Waals surface area contributed by atoms with Crippen molar-refractivity contribution in [3.63, 3.8) is 0 Å². The van der Waals surface area contributed by atoms with E-state index in [1.54, 1.807) is 4.90 Å². The highest BCUT2D eigenvalue weighted by Gasteiger charge is 2.75. The number of nitrogens with zero attached hydrogens (tertiary/aromatic N) is 2. The number of hydrogen-bond donors (Lipinski definition) is 1. The maximum atomic E-state index is 14.0. The lowest BCUT2D eigenvalue weighted by atomic mass is 9.73. The maximum Gasteiger partial charge on any atom is 0.313 e. The maximum absolute atomic E-state index is 14.0. The number of cyclic esters (lactones) is 1. The number of ether oxygens (including phenoxy) is 2. The Morgan fingerprint density at radius 2 is 1.88 bits per heavy atom. The van der Waals surface area contributed by atoms with E-state index in [-0.39, 0.29) is 31.1 Å². The first-order valence-electron chi connectivity index (χ1n) is 11.7. The van der Waals surface area contributed by atoms with Crippen molar-refractivity contribution in [2.24, 2.45) is 11.8 Å². The summed E-state index contributed by atoms with van der Waals surface area (Å²) in [7, 11) is 0. The third-order valence-corrected chi connectivity index (χ3v) is 7.57. The lowest BCUT2D eigenvalue weighted by Gasteiger charge is -2.41. The number of hydrogen-bond acceptors (Lipinski definition) is 6. The molecule has 0 saturated carbocycles. The molecule has 0 aromatic rings. The van der Waals surface area contributed by atoms with Gasteiger partial charge in [0.1, 0.15) is 23.2 Å². The van der Waals surface area contributed by atoms with Gasteiger partial charge in [-0.25, -0.2) is 0 Å². The van der Waals surface area contributed by atoms with Crippen molar-refractivity contribution in [3.8, 4) is 0 Å². The Morgan fingerprint density at radius 1 is 1.12 bits per heavy atom. The van der Waals surface area contributed by atoms with Gasteiger partial charge in [-0.1, -0.05) is 38.2 Å². The Labute approximate surface area is 189 Å². The van der Waals surface area contributed by atoms with Crippen LogP contribution >= 0.6 is 0 Å². The molecule has 0 radical (unpaired) electrons. The van der Waals surface area contributed by atoms with Crippen LogP contribution in [-0.4, -0.2) is 81.8 Å². The van der Waals surface area contributed by atoms with E-state index >= 15 is 0 Å². The van der Waals surface area contributed by atoms with E-state index in [0.29, 0.717) is 25.8 Å².